The predicted molar refractivity (Wildman–Crippen MR) is 118 cm³/mol. The first kappa shape index (κ1) is 20.2. The number of thiophene rings is 1. The fourth-order valence-corrected chi connectivity index (χ4v) is 5.79. The van der Waals surface area contributed by atoms with Crippen molar-refractivity contribution in [3.63, 3.8) is 0 Å². The molecule has 0 saturated heterocycles. The molecule has 1 amide bonds. The number of amides is 1. The maximum absolute atomic E-state index is 12.9. The van der Waals surface area contributed by atoms with Gasteiger partial charge >= 0.3 is 0 Å². The third-order valence-corrected chi connectivity index (χ3v) is 7.82. The molecule has 29 heavy (non-hydrogen) atoms. The predicted octanol–water partition coefficient (Wildman–Crippen LogP) is 5.37. The minimum absolute atomic E-state index is 0.0451. The Morgan fingerprint density at radius 2 is 1.93 bits per heavy atom. The van der Waals surface area contributed by atoms with Gasteiger partial charge in [0.15, 0.2) is 0 Å². The molecule has 2 heterocycles. The molecule has 0 spiro atoms. The number of carbonyl (C=O) groups excluding carboxylic acids is 1. The molecule has 4 rings (SSSR count). The Morgan fingerprint density at radius 1 is 1.14 bits per heavy atom. The Morgan fingerprint density at radius 3 is 2.66 bits per heavy atom. The lowest BCUT2D eigenvalue weighted by Gasteiger charge is -2.18. The minimum atomic E-state index is -3.92. The van der Waals surface area contributed by atoms with Crippen LogP contribution in [0.3, 0.4) is 0 Å². The summed E-state index contributed by atoms with van der Waals surface area (Å²) in [6.45, 7) is 2.27. The van der Waals surface area contributed by atoms with E-state index in [1.165, 1.54) is 23.5 Å². The second kappa shape index (κ2) is 7.65. The number of hydrogen-bond acceptors (Lipinski definition) is 4. The summed E-state index contributed by atoms with van der Waals surface area (Å²) in [6.07, 6.45) is 0.724. The summed E-state index contributed by atoms with van der Waals surface area (Å²) in [5.41, 5.74) is 2.68. The van der Waals surface area contributed by atoms with Gasteiger partial charge in [-0.1, -0.05) is 35.3 Å². The highest BCUT2D eigenvalue weighted by Crippen LogP contribution is 2.34. The maximum atomic E-state index is 12.9. The Bertz CT molecular complexity index is 1210. The van der Waals surface area contributed by atoms with Gasteiger partial charge in [-0.15, -0.1) is 11.3 Å². The summed E-state index contributed by atoms with van der Waals surface area (Å²) >= 11 is 13.5. The number of hydrogen-bond donors (Lipinski definition) is 1. The van der Waals surface area contributed by atoms with Gasteiger partial charge in [-0.2, -0.15) is 0 Å². The summed E-state index contributed by atoms with van der Waals surface area (Å²) < 4.78 is 28.3. The van der Waals surface area contributed by atoms with Gasteiger partial charge < -0.3 is 4.90 Å². The van der Waals surface area contributed by atoms with Crippen molar-refractivity contribution in [2.45, 2.75) is 18.2 Å². The van der Waals surface area contributed by atoms with Crippen LogP contribution in [0.2, 0.25) is 10.0 Å². The largest absolute Gasteiger partial charge is 0.307 e. The van der Waals surface area contributed by atoms with Gasteiger partial charge in [-0.3, -0.25) is 9.52 Å². The van der Waals surface area contributed by atoms with Crippen LogP contribution in [-0.2, 0) is 16.4 Å². The molecule has 3 aromatic rings. The van der Waals surface area contributed by atoms with E-state index in [1.54, 1.807) is 30.0 Å². The molecule has 1 N–H and O–H groups in total. The molecule has 150 valence electrons. The molecule has 0 fully saturated rings. The topological polar surface area (TPSA) is 66.5 Å². The number of rotatable bonds is 4. The first-order valence-corrected chi connectivity index (χ1v) is 11.8. The second-order valence-corrected chi connectivity index (χ2v) is 10.1. The van der Waals surface area contributed by atoms with Crippen molar-refractivity contribution in [2.24, 2.45) is 0 Å². The van der Waals surface area contributed by atoms with Crippen LogP contribution in [0, 0.1) is 6.92 Å². The molecule has 1 aliphatic heterocycles. The first-order chi connectivity index (χ1) is 13.8. The van der Waals surface area contributed by atoms with Crippen LogP contribution in [0.25, 0.3) is 0 Å². The molecule has 5 nitrogen and oxygen atoms in total. The molecular weight excluding hydrogens is 451 g/mol. The van der Waals surface area contributed by atoms with Crippen molar-refractivity contribution in [3.05, 3.63) is 73.9 Å². The Hall–Kier alpha value is -2.06. The van der Waals surface area contributed by atoms with Gasteiger partial charge in [-0.05, 0) is 60.2 Å². The molecule has 0 atom stereocenters. The van der Waals surface area contributed by atoms with Gasteiger partial charge in [-0.25, -0.2) is 8.42 Å². The smallest absolute Gasteiger partial charge is 0.268 e. The van der Waals surface area contributed by atoms with E-state index in [0.717, 1.165) is 12.0 Å². The van der Waals surface area contributed by atoms with E-state index < -0.39 is 10.0 Å². The van der Waals surface area contributed by atoms with Crippen LogP contribution >= 0.6 is 34.5 Å². The summed E-state index contributed by atoms with van der Waals surface area (Å²) in [7, 11) is -3.92. The highest BCUT2D eigenvalue weighted by molar-refractivity contribution is 7.92. The minimum Gasteiger partial charge on any atom is -0.307 e. The zero-order valence-electron chi connectivity index (χ0n) is 15.3. The van der Waals surface area contributed by atoms with Crippen LogP contribution < -0.4 is 9.62 Å². The average Bonchev–Trinajstić information content (AvgIpc) is 3.33. The number of anilines is 2. The molecule has 0 bridgehead atoms. The van der Waals surface area contributed by atoms with Crippen LogP contribution in [0.15, 0.2) is 52.7 Å². The van der Waals surface area contributed by atoms with E-state index in [1.807, 2.05) is 17.5 Å². The van der Waals surface area contributed by atoms with Crippen molar-refractivity contribution in [1.82, 2.24) is 0 Å². The third kappa shape index (κ3) is 3.88. The Balaban J connectivity index is 1.65. The number of aryl methyl sites for hydroxylation is 1. The molecule has 9 heteroatoms. The van der Waals surface area contributed by atoms with Crippen molar-refractivity contribution in [2.75, 3.05) is 16.2 Å². The van der Waals surface area contributed by atoms with Crippen LogP contribution in [0.1, 0.15) is 20.8 Å². The molecule has 1 aromatic heterocycles. The molecule has 0 aliphatic carbocycles. The number of sulfonamides is 1. The van der Waals surface area contributed by atoms with E-state index in [0.29, 0.717) is 33.4 Å². The fraction of sp³-hybridized carbons (Fsp3) is 0.150. The van der Waals surface area contributed by atoms with Gasteiger partial charge in [0.25, 0.3) is 15.9 Å². The first-order valence-electron chi connectivity index (χ1n) is 8.73. The summed E-state index contributed by atoms with van der Waals surface area (Å²) in [4.78, 5) is 15.0. The summed E-state index contributed by atoms with van der Waals surface area (Å²) in [5.74, 6) is -0.0878. The van der Waals surface area contributed by atoms with Gasteiger partial charge in [0.2, 0.25) is 0 Å². The highest BCUT2D eigenvalue weighted by Gasteiger charge is 2.27. The van der Waals surface area contributed by atoms with E-state index >= 15 is 0 Å². The van der Waals surface area contributed by atoms with Gasteiger partial charge in [0, 0.05) is 17.3 Å². The van der Waals surface area contributed by atoms with Crippen LogP contribution in [0.5, 0.6) is 0 Å². The fourth-order valence-electron chi connectivity index (χ4n) is 3.23. The zero-order valence-corrected chi connectivity index (χ0v) is 18.4. The SMILES string of the molecule is Cc1cc(S(=O)(=O)Nc2ccc3c(c2)N(C(=O)c2cccs2)CC3)c(Cl)cc1Cl. The number of benzene rings is 2. The lowest BCUT2D eigenvalue weighted by atomic mass is 10.1. The lowest BCUT2D eigenvalue weighted by Crippen LogP contribution is -2.28. The Labute approximate surface area is 182 Å². The van der Waals surface area contributed by atoms with Crippen LogP contribution in [-0.4, -0.2) is 20.9 Å². The lowest BCUT2D eigenvalue weighted by molar-refractivity contribution is 0.0993. The standard InChI is InChI=1S/C20H16Cl2N2O3S2/c1-12-9-19(16(22)11-15(12)21)29(26,27)23-14-5-4-13-6-7-24(17(13)10-14)20(25)18-3-2-8-28-18/h2-5,8-11,23H,6-7H2,1H3. The molecule has 0 unspecified atom stereocenters. The number of carbonyl (C=O) groups is 1. The third-order valence-electron chi connectivity index (χ3n) is 4.71. The number of nitrogens with zero attached hydrogens (tertiary/aromatic N) is 1. The molecule has 0 radical (unpaired) electrons. The van der Waals surface area contributed by atoms with Crippen molar-refractivity contribution < 1.29 is 13.2 Å². The van der Waals surface area contributed by atoms with Crippen molar-refractivity contribution in [3.8, 4) is 0 Å². The van der Waals surface area contributed by atoms with Crippen molar-refractivity contribution >= 4 is 61.8 Å². The molecule has 2 aromatic carbocycles. The Kier molecular flexibility index (Phi) is 5.33. The average molecular weight is 467 g/mol. The monoisotopic (exact) mass is 466 g/mol. The summed E-state index contributed by atoms with van der Waals surface area (Å²) in [6, 6.07) is 11.7. The van der Waals surface area contributed by atoms with E-state index in [9.17, 15) is 13.2 Å². The van der Waals surface area contributed by atoms with Gasteiger partial charge in [0.05, 0.1) is 15.6 Å². The normalized spacial score (nSPS) is 13.4. The van der Waals surface area contributed by atoms with E-state index in [2.05, 4.69) is 4.72 Å². The molecule has 0 saturated carbocycles. The van der Waals surface area contributed by atoms with E-state index in [-0.39, 0.29) is 15.8 Å². The summed E-state index contributed by atoms with van der Waals surface area (Å²) in [5, 5.41) is 2.30. The van der Waals surface area contributed by atoms with E-state index in [4.69, 9.17) is 23.2 Å². The quantitative estimate of drug-likeness (QED) is 0.561. The number of nitrogens with one attached hydrogen (secondary N) is 1. The molecular formula is C20H16Cl2N2O3S2. The molecule has 1 aliphatic rings. The van der Waals surface area contributed by atoms with Crippen molar-refractivity contribution in [1.29, 1.82) is 0 Å². The zero-order chi connectivity index (χ0) is 20.8. The maximum Gasteiger partial charge on any atom is 0.268 e. The number of fused-ring (bicyclic) bond motifs is 1. The van der Waals surface area contributed by atoms with Crippen LogP contribution in [0.4, 0.5) is 11.4 Å². The highest BCUT2D eigenvalue weighted by atomic mass is 35.5. The van der Waals surface area contributed by atoms with Gasteiger partial charge in [0.1, 0.15) is 4.90 Å². The second-order valence-electron chi connectivity index (χ2n) is 6.66. The number of halogens is 2.